The van der Waals surface area contributed by atoms with Crippen LogP contribution in [-0.4, -0.2) is 18.6 Å². The van der Waals surface area contributed by atoms with Gasteiger partial charge in [0.2, 0.25) is 10.0 Å². The van der Waals surface area contributed by atoms with E-state index in [9.17, 15) is 8.42 Å². The quantitative estimate of drug-likeness (QED) is 0.887. The molecule has 7 heteroatoms. The molecule has 2 aromatic rings. The first kappa shape index (κ1) is 14.7. The second-order valence-electron chi connectivity index (χ2n) is 5.52. The number of nitrogens with zero attached hydrogens (tertiary/aromatic N) is 1. The van der Waals surface area contributed by atoms with Crippen molar-refractivity contribution in [1.29, 1.82) is 0 Å². The molecule has 1 unspecified atom stereocenters. The number of thiophene rings is 1. The predicted octanol–water partition coefficient (Wildman–Crippen LogP) is 2.99. The lowest BCUT2D eigenvalue weighted by molar-refractivity contribution is 0.415. The molecule has 0 aliphatic heterocycles. The fourth-order valence-electron chi connectivity index (χ4n) is 2.99. The van der Waals surface area contributed by atoms with Crippen LogP contribution in [0.3, 0.4) is 0 Å². The molecule has 21 heavy (non-hydrogen) atoms. The highest BCUT2D eigenvalue weighted by Gasteiger charge is 2.32. The summed E-state index contributed by atoms with van der Waals surface area (Å²) in [6.45, 7) is 1.72. The minimum absolute atomic E-state index is 0.133. The van der Waals surface area contributed by atoms with Crippen molar-refractivity contribution in [3.63, 3.8) is 0 Å². The molecule has 3 rings (SSSR count). The summed E-state index contributed by atoms with van der Waals surface area (Å²) in [5.41, 5.74) is 0.568. The molecule has 2 heterocycles. The summed E-state index contributed by atoms with van der Waals surface area (Å²) in [5, 5.41) is 8.49. The normalized spacial score (nSPS) is 18.1. The van der Waals surface area contributed by atoms with E-state index >= 15 is 0 Å². The van der Waals surface area contributed by atoms with E-state index in [1.54, 1.807) is 18.3 Å². The van der Waals surface area contributed by atoms with Crippen molar-refractivity contribution < 1.29 is 8.42 Å². The predicted molar refractivity (Wildman–Crippen MR) is 82.7 cm³/mol. The van der Waals surface area contributed by atoms with Crippen LogP contribution in [0.1, 0.15) is 42.3 Å². The van der Waals surface area contributed by atoms with Gasteiger partial charge in [-0.25, -0.2) is 13.1 Å². The number of H-pyrrole nitrogens is 1. The van der Waals surface area contributed by atoms with Crippen molar-refractivity contribution in [3.05, 3.63) is 34.3 Å². The molecule has 114 valence electrons. The van der Waals surface area contributed by atoms with Crippen molar-refractivity contribution in [2.75, 3.05) is 0 Å². The maximum absolute atomic E-state index is 12.6. The van der Waals surface area contributed by atoms with Gasteiger partial charge in [0.25, 0.3) is 0 Å². The maximum atomic E-state index is 12.6. The highest BCUT2D eigenvalue weighted by Crippen LogP contribution is 2.38. The van der Waals surface area contributed by atoms with E-state index in [4.69, 9.17) is 0 Å². The van der Waals surface area contributed by atoms with E-state index in [2.05, 4.69) is 14.9 Å². The Kier molecular flexibility index (Phi) is 4.14. The lowest BCUT2D eigenvalue weighted by atomic mass is 9.98. The number of rotatable bonds is 5. The van der Waals surface area contributed by atoms with Gasteiger partial charge in [-0.15, -0.1) is 11.3 Å². The number of aromatic amines is 1. The van der Waals surface area contributed by atoms with Gasteiger partial charge < -0.3 is 0 Å². The van der Waals surface area contributed by atoms with Crippen molar-refractivity contribution in [2.24, 2.45) is 5.92 Å². The Balaban J connectivity index is 1.89. The summed E-state index contributed by atoms with van der Waals surface area (Å²) in [7, 11) is -3.55. The van der Waals surface area contributed by atoms with Crippen LogP contribution in [-0.2, 0) is 10.0 Å². The zero-order valence-electron chi connectivity index (χ0n) is 11.9. The van der Waals surface area contributed by atoms with Crippen molar-refractivity contribution >= 4 is 21.4 Å². The second kappa shape index (κ2) is 5.90. The van der Waals surface area contributed by atoms with Crippen LogP contribution in [0.25, 0.3) is 0 Å². The molecule has 0 spiro atoms. The van der Waals surface area contributed by atoms with Crippen molar-refractivity contribution in [2.45, 2.75) is 43.5 Å². The minimum atomic E-state index is -3.55. The Morgan fingerprint density at radius 3 is 2.76 bits per heavy atom. The Morgan fingerprint density at radius 1 is 1.43 bits per heavy atom. The molecule has 1 aliphatic carbocycles. The Hall–Kier alpha value is -1.18. The fraction of sp³-hybridized carbons (Fsp3) is 0.500. The fourth-order valence-corrected chi connectivity index (χ4v) is 5.35. The molecule has 0 aromatic carbocycles. The van der Waals surface area contributed by atoms with Gasteiger partial charge >= 0.3 is 0 Å². The molecule has 0 amide bonds. The van der Waals surface area contributed by atoms with Gasteiger partial charge in [-0.3, -0.25) is 5.10 Å². The van der Waals surface area contributed by atoms with Gasteiger partial charge in [0.1, 0.15) is 4.90 Å². The van der Waals surface area contributed by atoms with Crippen LogP contribution in [0.2, 0.25) is 0 Å². The highest BCUT2D eigenvalue weighted by atomic mass is 32.2. The summed E-state index contributed by atoms with van der Waals surface area (Å²) < 4.78 is 28.1. The van der Waals surface area contributed by atoms with Gasteiger partial charge in [-0.2, -0.15) is 5.10 Å². The number of nitrogens with one attached hydrogen (secondary N) is 2. The average Bonchev–Trinajstić information content (AvgIpc) is 3.18. The first-order valence-electron chi connectivity index (χ1n) is 7.13. The topological polar surface area (TPSA) is 74.8 Å². The van der Waals surface area contributed by atoms with E-state index in [0.29, 0.717) is 11.6 Å². The first-order valence-corrected chi connectivity index (χ1v) is 9.50. The molecular formula is C14H19N3O2S2. The molecule has 1 atom stereocenters. The van der Waals surface area contributed by atoms with Crippen molar-refractivity contribution in [3.8, 4) is 0 Å². The van der Waals surface area contributed by atoms with Gasteiger partial charge in [-0.1, -0.05) is 18.9 Å². The number of hydrogen-bond donors (Lipinski definition) is 2. The largest absolute Gasteiger partial charge is 0.281 e. The van der Waals surface area contributed by atoms with Gasteiger partial charge in [0.15, 0.2) is 0 Å². The minimum Gasteiger partial charge on any atom is -0.281 e. The summed E-state index contributed by atoms with van der Waals surface area (Å²) in [6, 6.07) is 3.85. The number of sulfonamides is 1. The van der Waals surface area contributed by atoms with E-state index in [0.717, 1.165) is 17.7 Å². The van der Waals surface area contributed by atoms with E-state index in [-0.39, 0.29) is 10.9 Å². The second-order valence-corrected chi connectivity index (χ2v) is 8.18. The highest BCUT2D eigenvalue weighted by molar-refractivity contribution is 7.89. The monoisotopic (exact) mass is 325 g/mol. The van der Waals surface area contributed by atoms with Crippen LogP contribution in [0.15, 0.2) is 28.6 Å². The molecule has 2 N–H and O–H groups in total. The van der Waals surface area contributed by atoms with Gasteiger partial charge in [-0.05, 0) is 37.1 Å². The lowest BCUT2D eigenvalue weighted by Gasteiger charge is -2.23. The summed E-state index contributed by atoms with van der Waals surface area (Å²) in [5.74, 6) is 0.380. The zero-order chi connectivity index (χ0) is 14.9. The SMILES string of the molecule is Cc1[nH]ncc1S(=O)(=O)NC(c1cccs1)C1CCCC1. The average molecular weight is 325 g/mol. The van der Waals surface area contributed by atoms with Gasteiger partial charge in [0, 0.05) is 4.88 Å². The molecule has 0 radical (unpaired) electrons. The third-order valence-corrected chi connectivity index (χ3v) is 6.59. The summed E-state index contributed by atoms with van der Waals surface area (Å²) in [6.07, 6.45) is 5.89. The van der Waals surface area contributed by atoms with E-state index < -0.39 is 10.0 Å². The molecule has 1 fully saturated rings. The van der Waals surface area contributed by atoms with Crippen LogP contribution < -0.4 is 4.72 Å². The Morgan fingerprint density at radius 2 is 2.19 bits per heavy atom. The summed E-state index contributed by atoms with van der Waals surface area (Å²) in [4.78, 5) is 1.33. The smallest absolute Gasteiger partial charge is 0.244 e. The zero-order valence-corrected chi connectivity index (χ0v) is 13.5. The molecule has 1 saturated carbocycles. The summed E-state index contributed by atoms with van der Waals surface area (Å²) >= 11 is 1.61. The number of aromatic nitrogens is 2. The molecule has 5 nitrogen and oxygen atoms in total. The third-order valence-electron chi connectivity index (χ3n) is 4.08. The van der Waals surface area contributed by atoms with Crippen LogP contribution in [0, 0.1) is 12.8 Å². The molecular weight excluding hydrogens is 306 g/mol. The first-order chi connectivity index (χ1) is 10.1. The standard InChI is InChI=1S/C14H19N3O2S2/c1-10-13(9-15-16-10)21(18,19)17-14(11-5-2-3-6-11)12-7-4-8-20-12/h4,7-9,11,14,17H,2-3,5-6H2,1H3,(H,15,16). The Bertz CT molecular complexity index is 686. The lowest BCUT2D eigenvalue weighted by Crippen LogP contribution is -2.32. The number of hydrogen-bond acceptors (Lipinski definition) is 4. The van der Waals surface area contributed by atoms with Crippen LogP contribution >= 0.6 is 11.3 Å². The maximum Gasteiger partial charge on any atom is 0.244 e. The molecule has 2 aromatic heterocycles. The van der Waals surface area contributed by atoms with E-state index in [1.165, 1.54) is 19.0 Å². The molecule has 0 saturated heterocycles. The molecule has 1 aliphatic rings. The van der Waals surface area contributed by atoms with Crippen LogP contribution in [0.4, 0.5) is 0 Å². The van der Waals surface area contributed by atoms with Crippen LogP contribution in [0.5, 0.6) is 0 Å². The van der Waals surface area contributed by atoms with Crippen molar-refractivity contribution in [1.82, 2.24) is 14.9 Å². The molecule has 0 bridgehead atoms. The third kappa shape index (κ3) is 3.04. The number of aryl methyl sites for hydroxylation is 1. The van der Waals surface area contributed by atoms with E-state index in [1.807, 2.05) is 17.5 Å². The van der Waals surface area contributed by atoms with Gasteiger partial charge in [0.05, 0.1) is 17.9 Å². The Labute approximate surface area is 128 Å².